The fraction of sp³-hybridized carbons (Fsp3) is 0.286. The summed E-state index contributed by atoms with van der Waals surface area (Å²) in [6.45, 7) is 1.96. The Morgan fingerprint density at radius 3 is 2.37 bits per heavy atom. The number of carbonyl (C=O) groups excluding carboxylic acids is 2. The van der Waals surface area contributed by atoms with Crippen molar-refractivity contribution in [3.05, 3.63) is 95.6 Å². The van der Waals surface area contributed by atoms with Crippen LogP contribution in [0.25, 0.3) is 0 Å². The fourth-order valence-electron chi connectivity index (χ4n) is 4.44. The van der Waals surface area contributed by atoms with Crippen molar-refractivity contribution >= 4 is 33.0 Å². The van der Waals surface area contributed by atoms with Crippen LogP contribution in [0.15, 0.2) is 78.9 Å². The summed E-state index contributed by atoms with van der Waals surface area (Å²) >= 11 is 0. The van der Waals surface area contributed by atoms with E-state index in [1.807, 2.05) is 73.7 Å². The summed E-state index contributed by atoms with van der Waals surface area (Å²) in [6, 6.07) is 23.7. The van der Waals surface area contributed by atoms with Gasteiger partial charge >= 0.3 is 0 Å². The van der Waals surface area contributed by atoms with Gasteiger partial charge in [0.05, 0.1) is 5.75 Å². The van der Waals surface area contributed by atoms with Crippen molar-refractivity contribution in [2.24, 2.45) is 0 Å². The van der Waals surface area contributed by atoms with Crippen molar-refractivity contribution in [3.8, 4) is 0 Å². The molecule has 3 aromatic carbocycles. The van der Waals surface area contributed by atoms with Crippen molar-refractivity contribution < 1.29 is 18.0 Å². The molecule has 4 rings (SSSR count). The van der Waals surface area contributed by atoms with E-state index >= 15 is 0 Å². The third kappa shape index (κ3) is 6.36. The molecule has 0 aromatic heterocycles. The number of hydrogen-bond acceptors (Lipinski definition) is 4. The SMILES string of the molecule is Cc1ccc(NC(=O)C2CCc3ccccc3N2C(=O)CS(=O)(=O)CCCc2ccccc2)cc1. The topological polar surface area (TPSA) is 83.6 Å². The number of carbonyl (C=O) groups is 2. The molecule has 1 atom stereocenters. The first-order chi connectivity index (χ1) is 16.8. The molecule has 6 nitrogen and oxygen atoms in total. The maximum atomic E-state index is 13.4. The second kappa shape index (κ2) is 10.9. The molecule has 182 valence electrons. The maximum Gasteiger partial charge on any atom is 0.247 e. The predicted octanol–water partition coefficient (Wildman–Crippen LogP) is 4.33. The largest absolute Gasteiger partial charge is 0.324 e. The third-order valence-electron chi connectivity index (χ3n) is 6.25. The second-order valence-corrected chi connectivity index (χ2v) is 11.2. The smallest absolute Gasteiger partial charge is 0.247 e. The lowest BCUT2D eigenvalue weighted by Gasteiger charge is -2.36. The summed E-state index contributed by atoms with van der Waals surface area (Å²) < 4.78 is 25.7. The van der Waals surface area contributed by atoms with Gasteiger partial charge in [-0.15, -0.1) is 0 Å². The van der Waals surface area contributed by atoms with Crippen LogP contribution in [-0.2, 0) is 32.3 Å². The number of rotatable bonds is 8. The summed E-state index contributed by atoms with van der Waals surface area (Å²) in [7, 11) is -3.64. The van der Waals surface area contributed by atoms with Gasteiger partial charge in [0.1, 0.15) is 11.8 Å². The van der Waals surface area contributed by atoms with Gasteiger partial charge in [-0.05, 0) is 61.9 Å². The molecule has 0 radical (unpaired) electrons. The van der Waals surface area contributed by atoms with Crippen LogP contribution in [0.2, 0.25) is 0 Å². The summed E-state index contributed by atoms with van der Waals surface area (Å²) in [5.74, 6) is -1.59. The Bertz CT molecular complexity index is 1290. The van der Waals surface area contributed by atoms with Crippen molar-refractivity contribution in [3.63, 3.8) is 0 Å². The van der Waals surface area contributed by atoms with E-state index in [1.165, 1.54) is 4.90 Å². The normalized spacial score (nSPS) is 15.3. The van der Waals surface area contributed by atoms with Crippen molar-refractivity contribution in [2.45, 2.75) is 38.6 Å². The number of fused-ring (bicyclic) bond motifs is 1. The van der Waals surface area contributed by atoms with Crippen LogP contribution in [0.5, 0.6) is 0 Å². The van der Waals surface area contributed by atoms with Gasteiger partial charge in [0.2, 0.25) is 11.8 Å². The van der Waals surface area contributed by atoms with Crippen molar-refractivity contribution in [1.29, 1.82) is 0 Å². The van der Waals surface area contributed by atoms with E-state index in [2.05, 4.69) is 5.32 Å². The molecule has 0 saturated heterocycles. The minimum absolute atomic E-state index is 0.0800. The highest BCUT2D eigenvalue weighted by molar-refractivity contribution is 7.92. The molecule has 1 aliphatic heterocycles. The third-order valence-corrected chi connectivity index (χ3v) is 7.84. The van der Waals surface area contributed by atoms with E-state index in [0.29, 0.717) is 37.1 Å². The Morgan fingerprint density at radius 2 is 1.63 bits per heavy atom. The van der Waals surface area contributed by atoms with Crippen LogP contribution >= 0.6 is 0 Å². The Kier molecular flexibility index (Phi) is 7.66. The first-order valence-corrected chi connectivity index (χ1v) is 13.7. The average molecular weight is 491 g/mol. The standard InChI is InChI=1S/C28H30N2O4S/c1-21-13-16-24(17-14-21)29-28(32)26-18-15-23-11-5-6-12-25(23)30(26)27(31)20-35(33,34)19-7-10-22-8-3-2-4-9-22/h2-6,8-9,11-14,16-17,26H,7,10,15,18-20H2,1H3,(H,29,32). The molecule has 1 heterocycles. The molecular formula is C28H30N2O4S. The number of nitrogens with zero attached hydrogens (tertiary/aromatic N) is 1. The molecule has 1 unspecified atom stereocenters. The van der Waals surface area contributed by atoms with E-state index in [4.69, 9.17) is 0 Å². The van der Waals surface area contributed by atoms with Crippen LogP contribution in [0.3, 0.4) is 0 Å². The van der Waals surface area contributed by atoms with Gasteiger partial charge < -0.3 is 5.32 Å². The van der Waals surface area contributed by atoms with Crippen LogP contribution in [0.1, 0.15) is 29.5 Å². The second-order valence-electron chi connectivity index (χ2n) is 8.98. The highest BCUT2D eigenvalue weighted by Gasteiger charge is 2.37. The zero-order chi connectivity index (χ0) is 24.8. The van der Waals surface area contributed by atoms with Crippen LogP contribution in [-0.4, -0.2) is 37.8 Å². The first-order valence-electron chi connectivity index (χ1n) is 11.8. The summed E-state index contributed by atoms with van der Waals surface area (Å²) in [4.78, 5) is 28.0. The molecular weight excluding hydrogens is 460 g/mol. The number of hydrogen-bond donors (Lipinski definition) is 1. The molecule has 1 aliphatic rings. The predicted molar refractivity (Wildman–Crippen MR) is 139 cm³/mol. The lowest BCUT2D eigenvalue weighted by Crippen LogP contribution is -2.52. The van der Waals surface area contributed by atoms with E-state index in [0.717, 1.165) is 16.7 Å². The van der Waals surface area contributed by atoms with Crippen molar-refractivity contribution in [2.75, 3.05) is 21.7 Å². The fourth-order valence-corrected chi connectivity index (χ4v) is 5.68. The molecule has 0 fully saturated rings. The molecule has 0 saturated carbocycles. The number of benzene rings is 3. The highest BCUT2D eigenvalue weighted by Crippen LogP contribution is 2.31. The number of anilines is 2. The minimum Gasteiger partial charge on any atom is -0.324 e. The number of nitrogens with one attached hydrogen (secondary N) is 1. The first kappa shape index (κ1) is 24.7. The number of para-hydroxylation sites is 1. The number of aryl methyl sites for hydroxylation is 3. The molecule has 1 N–H and O–H groups in total. The van der Waals surface area contributed by atoms with Crippen LogP contribution in [0.4, 0.5) is 11.4 Å². The molecule has 7 heteroatoms. The Morgan fingerprint density at radius 1 is 0.943 bits per heavy atom. The van der Waals surface area contributed by atoms with Crippen molar-refractivity contribution in [1.82, 2.24) is 0 Å². The number of amides is 2. The van der Waals surface area contributed by atoms with Gasteiger partial charge in [0, 0.05) is 11.4 Å². The van der Waals surface area contributed by atoms with Gasteiger partial charge in [0.25, 0.3) is 0 Å². The quantitative estimate of drug-likeness (QED) is 0.510. The van der Waals surface area contributed by atoms with Gasteiger partial charge in [-0.2, -0.15) is 0 Å². The lowest BCUT2D eigenvalue weighted by molar-refractivity contribution is -0.122. The van der Waals surface area contributed by atoms with Crippen LogP contribution in [0, 0.1) is 6.92 Å². The van der Waals surface area contributed by atoms with Gasteiger partial charge in [0.15, 0.2) is 9.84 Å². The van der Waals surface area contributed by atoms with Gasteiger partial charge in [-0.1, -0.05) is 66.2 Å². The zero-order valence-corrected chi connectivity index (χ0v) is 20.6. The van der Waals surface area contributed by atoms with E-state index in [1.54, 1.807) is 12.1 Å². The van der Waals surface area contributed by atoms with E-state index in [-0.39, 0.29) is 11.7 Å². The molecule has 3 aromatic rings. The van der Waals surface area contributed by atoms with Gasteiger partial charge in [-0.25, -0.2) is 8.42 Å². The summed E-state index contributed by atoms with van der Waals surface area (Å²) in [5, 5.41) is 2.89. The lowest BCUT2D eigenvalue weighted by atomic mass is 9.95. The Labute approximate surface area is 206 Å². The average Bonchev–Trinajstić information content (AvgIpc) is 2.85. The Balaban J connectivity index is 1.49. The summed E-state index contributed by atoms with van der Waals surface area (Å²) in [5.41, 5.74) is 4.31. The molecule has 0 spiro atoms. The van der Waals surface area contributed by atoms with E-state index in [9.17, 15) is 18.0 Å². The molecule has 0 bridgehead atoms. The molecule has 2 amide bonds. The summed E-state index contributed by atoms with van der Waals surface area (Å²) in [6.07, 6.45) is 2.13. The van der Waals surface area contributed by atoms with E-state index < -0.39 is 27.5 Å². The molecule has 35 heavy (non-hydrogen) atoms. The molecule has 0 aliphatic carbocycles. The van der Waals surface area contributed by atoms with Gasteiger partial charge in [-0.3, -0.25) is 14.5 Å². The zero-order valence-electron chi connectivity index (χ0n) is 19.8. The monoisotopic (exact) mass is 490 g/mol. The minimum atomic E-state index is -3.64. The van der Waals surface area contributed by atoms with Crippen LogP contribution < -0.4 is 10.2 Å². The maximum absolute atomic E-state index is 13.4. The Hall–Kier alpha value is -3.45. The highest BCUT2D eigenvalue weighted by atomic mass is 32.2. The number of sulfone groups is 1.